The van der Waals surface area contributed by atoms with Crippen LogP contribution in [0, 0.1) is 0 Å². The zero-order chi connectivity index (χ0) is 12.5. The SMILES string of the molecule is CCCn1ncc(Cl)c1C(=O)C1(OC)CCC1. The standard InChI is InChI=1S/C12H17ClN2O2/c1-3-7-15-10(9(13)8-14-15)11(16)12(17-2)5-4-6-12/h8H,3-7H2,1-2H3. The molecular weight excluding hydrogens is 240 g/mol. The number of Topliss-reactive ketones (excluding diaryl/α,β-unsaturated/α-hetero) is 1. The number of carbonyl (C=O) groups is 1. The minimum Gasteiger partial charge on any atom is -0.370 e. The van der Waals surface area contributed by atoms with E-state index in [4.69, 9.17) is 16.3 Å². The lowest BCUT2D eigenvalue weighted by Crippen LogP contribution is -2.47. The summed E-state index contributed by atoms with van der Waals surface area (Å²) in [4.78, 5) is 12.5. The Morgan fingerprint density at radius 1 is 1.65 bits per heavy atom. The first-order valence-electron chi connectivity index (χ1n) is 5.96. The van der Waals surface area contributed by atoms with Crippen LogP contribution in [0.15, 0.2) is 6.20 Å². The van der Waals surface area contributed by atoms with Crippen LogP contribution in [0.25, 0.3) is 0 Å². The number of rotatable bonds is 5. The number of ether oxygens (including phenoxy) is 1. The molecule has 1 aromatic rings. The predicted octanol–water partition coefficient (Wildman–Crippen LogP) is 2.70. The van der Waals surface area contributed by atoms with E-state index in [-0.39, 0.29) is 5.78 Å². The van der Waals surface area contributed by atoms with Crippen molar-refractivity contribution in [1.82, 2.24) is 9.78 Å². The smallest absolute Gasteiger partial charge is 0.214 e. The minimum absolute atomic E-state index is 0.0257. The van der Waals surface area contributed by atoms with Crippen molar-refractivity contribution in [3.05, 3.63) is 16.9 Å². The maximum absolute atomic E-state index is 12.5. The monoisotopic (exact) mass is 256 g/mol. The third kappa shape index (κ3) is 2.00. The van der Waals surface area contributed by atoms with Crippen LogP contribution in [0.3, 0.4) is 0 Å². The van der Waals surface area contributed by atoms with Crippen LogP contribution in [0.2, 0.25) is 5.02 Å². The molecule has 1 saturated carbocycles. The van der Waals surface area contributed by atoms with Gasteiger partial charge in [0.25, 0.3) is 0 Å². The zero-order valence-corrected chi connectivity index (χ0v) is 11.0. The Hall–Kier alpha value is -0.870. The molecule has 1 aromatic heterocycles. The topological polar surface area (TPSA) is 44.1 Å². The fraction of sp³-hybridized carbons (Fsp3) is 0.667. The van der Waals surface area contributed by atoms with E-state index >= 15 is 0 Å². The van der Waals surface area contributed by atoms with Crippen molar-refractivity contribution in [1.29, 1.82) is 0 Å². The summed E-state index contributed by atoms with van der Waals surface area (Å²) >= 11 is 6.06. The molecule has 0 amide bonds. The summed E-state index contributed by atoms with van der Waals surface area (Å²) in [5.74, 6) is -0.0257. The summed E-state index contributed by atoms with van der Waals surface area (Å²) in [5, 5.41) is 4.56. The highest BCUT2D eigenvalue weighted by molar-refractivity contribution is 6.34. The first-order chi connectivity index (χ1) is 8.14. The molecule has 1 heterocycles. The van der Waals surface area contributed by atoms with Crippen LogP contribution < -0.4 is 0 Å². The largest absolute Gasteiger partial charge is 0.370 e. The van der Waals surface area contributed by atoms with Crippen LogP contribution in [-0.4, -0.2) is 28.3 Å². The lowest BCUT2D eigenvalue weighted by Gasteiger charge is -2.38. The fourth-order valence-corrected chi connectivity index (χ4v) is 2.43. The molecule has 0 bridgehead atoms. The van der Waals surface area contributed by atoms with Gasteiger partial charge in [0.1, 0.15) is 11.3 Å². The Labute approximate surface area is 106 Å². The van der Waals surface area contributed by atoms with Gasteiger partial charge in [-0.2, -0.15) is 5.10 Å². The van der Waals surface area contributed by atoms with Crippen LogP contribution >= 0.6 is 11.6 Å². The van der Waals surface area contributed by atoms with Gasteiger partial charge < -0.3 is 4.74 Å². The average molecular weight is 257 g/mol. The predicted molar refractivity (Wildman–Crippen MR) is 65.4 cm³/mol. The highest BCUT2D eigenvalue weighted by atomic mass is 35.5. The average Bonchev–Trinajstić information content (AvgIpc) is 2.59. The molecule has 0 N–H and O–H groups in total. The van der Waals surface area contributed by atoms with Gasteiger partial charge in [-0.05, 0) is 25.7 Å². The van der Waals surface area contributed by atoms with Gasteiger partial charge in [-0.25, -0.2) is 0 Å². The fourth-order valence-electron chi connectivity index (χ4n) is 2.21. The first kappa shape index (κ1) is 12.6. The van der Waals surface area contributed by atoms with Crippen molar-refractivity contribution in [2.24, 2.45) is 0 Å². The zero-order valence-electron chi connectivity index (χ0n) is 10.2. The van der Waals surface area contributed by atoms with E-state index in [1.807, 2.05) is 6.92 Å². The number of ketones is 1. The number of methoxy groups -OCH3 is 1. The molecule has 0 spiro atoms. The molecule has 4 nitrogen and oxygen atoms in total. The molecule has 0 aliphatic heterocycles. The highest BCUT2D eigenvalue weighted by Gasteiger charge is 2.46. The van der Waals surface area contributed by atoms with Gasteiger partial charge in [-0.1, -0.05) is 18.5 Å². The second-order valence-corrected chi connectivity index (χ2v) is 4.85. The van der Waals surface area contributed by atoms with Crippen molar-refractivity contribution in [2.75, 3.05) is 7.11 Å². The first-order valence-corrected chi connectivity index (χ1v) is 6.33. The van der Waals surface area contributed by atoms with Crippen LogP contribution in [0.4, 0.5) is 0 Å². The van der Waals surface area contributed by atoms with Crippen molar-refractivity contribution in [3.8, 4) is 0 Å². The lowest BCUT2D eigenvalue weighted by atomic mass is 9.76. The molecule has 0 unspecified atom stereocenters. The van der Waals surface area contributed by atoms with E-state index < -0.39 is 5.60 Å². The molecular formula is C12H17ClN2O2. The summed E-state index contributed by atoms with van der Waals surface area (Å²) in [7, 11) is 1.59. The molecule has 17 heavy (non-hydrogen) atoms. The maximum Gasteiger partial charge on any atom is 0.214 e. The van der Waals surface area contributed by atoms with E-state index in [1.165, 1.54) is 6.20 Å². The molecule has 94 valence electrons. The van der Waals surface area contributed by atoms with Crippen molar-refractivity contribution >= 4 is 17.4 Å². The number of halogens is 1. The number of aromatic nitrogens is 2. The Morgan fingerprint density at radius 2 is 2.35 bits per heavy atom. The molecule has 1 aliphatic carbocycles. The van der Waals surface area contributed by atoms with Gasteiger partial charge >= 0.3 is 0 Å². The molecule has 0 saturated heterocycles. The van der Waals surface area contributed by atoms with E-state index in [1.54, 1.807) is 11.8 Å². The number of hydrogen-bond acceptors (Lipinski definition) is 3. The van der Waals surface area contributed by atoms with E-state index in [9.17, 15) is 4.79 Å². The number of aryl methyl sites for hydroxylation is 1. The summed E-state index contributed by atoms with van der Waals surface area (Å²) in [6.45, 7) is 2.74. The Bertz CT molecular complexity index is 419. The van der Waals surface area contributed by atoms with E-state index in [0.717, 1.165) is 25.7 Å². The Kier molecular flexibility index (Phi) is 3.54. The molecule has 1 aliphatic rings. The Morgan fingerprint density at radius 3 is 2.82 bits per heavy atom. The summed E-state index contributed by atoms with van der Waals surface area (Å²) < 4.78 is 7.08. The molecule has 1 fully saturated rings. The third-order valence-corrected chi connectivity index (χ3v) is 3.69. The van der Waals surface area contributed by atoms with Gasteiger partial charge in [-0.3, -0.25) is 9.48 Å². The van der Waals surface area contributed by atoms with Crippen molar-refractivity contribution in [3.63, 3.8) is 0 Å². The molecule has 2 rings (SSSR count). The second-order valence-electron chi connectivity index (χ2n) is 4.45. The van der Waals surface area contributed by atoms with E-state index in [2.05, 4.69) is 5.10 Å². The molecule has 0 atom stereocenters. The van der Waals surface area contributed by atoms with Gasteiger partial charge in [0, 0.05) is 13.7 Å². The van der Waals surface area contributed by atoms with Gasteiger partial charge in [0.05, 0.1) is 11.2 Å². The van der Waals surface area contributed by atoms with Gasteiger partial charge in [0.2, 0.25) is 5.78 Å². The van der Waals surface area contributed by atoms with E-state index in [0.29, 0.717) is 17.3 Å². The quantitative estimate of drug-likeness (QED) is 0.761. The normalized spacial score (nSPS) is 17.8. The van der Waals surface area contributed by atoms with Crippen molar-refractivity contribution in [2.45, 2.75) is 44.8 Å². The summed E-state index contributed by atoms with van der Waals surface area (Å²) in [6, 6.07) is 0. The third-order valence-electron chi connectivity index (χ3n) is 3.41. The number of hydrogen-bond donors (Lipinski definition) is 0. The van der Waals surface area contributed by atoms with Gasteiger partial charge in [0.15, 0.2) is 0 Å². The maximum atomic E-state index is 12.5. The lowest BCUT2D eigenvalue weighted by molar-refractivity contribution is -0.0454. The minimum atomic E-state index is -0.658. The van der Waals surface area contributed by atoms with Crippen LogP contribution in [0.1, 0.15) is 43.1 Å². The molecule has 5 heteroatoms. The second kappa shape index (κ2) is 4.78. The van der Waals surface area contributed by atoms with Gasteiger partial charge in [-0.15, -0.1) is 0 Å². The Balaban J connectivity index is 2.32. The van der Waals surface area contributed by atoms with Crippen molar-refractivity contribution < 1.29 is 9.53 Å². The van der Waals surface area contributed by atoms with Crippen LogP contribution in [0.5, 0.6) is 0 Å². The number of nitrogens with zero attached hydrogens (tertiary/aromatic N) is 2. The highest BCUT2D eigenvalue weighted by Crippen LogP contribution is 2.39. The number of carbonyl (C=O) groups excluding carboxylic acids is 1. The molecule has 0 radical (unpaired) electrons. The molecule has 0 aromatic carbocycles. The van der Waals surface area contributed by atoms with Crippen LogP contribution in [-0.2, 0) is 11.3 Å². The summed E-state index contributed by atoms with van der Waals surface area (Å²) in [5.41, 5.74) is -0.162. The summed E-state index contributed by atoms with van der Waals surface area (Å²) in [6.07, 6.45) is 5.02.